The second kappa shape index (κ2) is 7.99. The van der Waals surface area contributed by atoms with Crippen molar-refractivity contribution in [1.29, 1.82) is 0 Å². The molecule has 1 amide bonds. The molecule has 26 heavy (non-hydrogen) atoms. The summed E-state index contributed by atoms with van der Waals surface area (Å²) in [5.41, 5.74) is -1.78. The van der Waals surface area contributed by atoms with Gasteiger partial charge in [0.1, 0.15) is 0 Å². The molecular formula is C18H23N3O5. The third-order valence-electron chi connectivity index (χ3n) is 4.88. The lowest BCUT2D eigenvalue weighted by atomic mass is 9.82. The third-order valence-corrected chi connectivity index (χ3v) is 4.88. The lowest BCUT2D eigenvalue weighted by molar-refractivity contribution is -0.149. The van der Waals surface area contributed by atoms with Crippen LogP contribution >= 0.6 is 0 Å². The van der Waals surface area contributed by atoms with E-state index in [4.69, 9.17) is 0 Å². The number of nitrogens with zero attached hydrogens (tertiary/aromatic N) is 1. The van der Waals surface area contributed by atoms with E-state index in [0.717, 1.165) is 4.68 Å². The number of carbonyl (C=O) groups is 2. The number of hydrogen-bond donors (Lipinski definition) is 3. The minimum absolute atomic E-state index is 0.00304. The first kappa shape index (κ1) is 19.4. The van der Waals surface area contributed by atoms with Gasteiger partial charge in [0.2, 0.25) is 5.91 Å². The molecule has 1 aromatic carbocycles. The van der Waals surface area contributed by atoms with E-state index < -0.39 is 16.9 Å². The first-order valence-electron chi connectivity index (χ1n) is 8.56. The Labute approximate surface area is 149 Å². The van der Waals surface area contributed by atoms with Crippen molar-refractivity contribution >= 4 is 22.6 Å². The van der Waals surface area contributed by atoms with Crippen LogP contribution in [-0.4, -0.2) is 33.3 Å². The van der Waals surface area contributed by atoms with Crippen molar-refractivity contribution in [1.82, 2.24) is 15.1 Å². The van der Waals surface area contributed by atoms with Crippen LogP contribution in [0, 0.1) is 5.41 Å². The van der Waals surface area contributed by atoms with Crippen LogP contribution in [0.4, 0.5) is 0 Å². The Kier molecular flexibility index (Phi) is 5.97. The number of aromatic nitrogens is 2. The summed E-state index contributed by atoms with van der Waals surface area (Å²) in [6.07, 6.45) is 0.754. The quantitative estimate of drug-likeness (QED) is 0.650. The zero-order valence-electron chi connectivity index (χ0n) is 14.9. The van der Waals surface area contributed by atoms with Crippen molar-refractivity contribution < 1.29 is 14.7 Å². The van der Waals surface area contributed by atoms with Crippen molar-refractivity contribution in [2.24, 2.45) is 5.41 Å². The molecule has 140 valence electrons. The maximum atomic E-state index is 12.4. The Bertz CT molecular complexity index is 924. The molecule has 0 aliphatic rings. The van der Waals surface area contributed by atoms with Crippen LogP contribution < -0.4 is 16.4 Å². The molecule has 2 rings (SSSR count). The standard InChI is InChI=1S/C18H23N3O5/c1-3-18(4-2,17(25)26)11-19-14(22)9-10-21-16(24)13-8-6-5-7-12(13)15(23)20-21/h5-8H,3-4,9-11H2,1-2H3,(H,19,22)(H,20,23)(H,25,26). The number of aliphatic carboxylic acids is 1. The summed E-state index contributed by atoms with van der Waals surface area (Å²) < 4.78 is 1.11. The topological polar surface area (TPSA) is 121 Å². The SMILES string of the molecule is CCC(CC)(CNC(=O)CCn1[nH]c(=O)c2ccccc2c1=O)C(=O)O. The molecule has 0 atom stereocenters. The van der Waals surface area contributed by atoms with Gasteiger partial charge >= 0.3 is 5.97 Å². The van der Waals surface area contributed by atoms with Crippen LogP contribution in [0.15, 0.2) is 33.9 Å². The van der Waals surface area contributed by atoms with E-state index in [1.807, 2.05) is 0 Å². The molecule has 0 unspecified atom stereocenters. The molecule has 8 heteroatoms. The highest BCUT2D eigenvalue weighted by molar-refractivity contribution is 5.80. The van der Waals surface area contributed by atoms with Crippen LogP contribution in [0.1, 0.15) is 33.1 Å². The fourth-order valence-corrected chi connectivity index (χ4v) is 2.85. The average Bonchev–Trinajstić information content (AvgIpc) is 2.64. The highest BCUT2D eigenvalue weighted by Crippen LogP contribution is 2.25. The van der Waals surface area contributed by atoms with Crippen LogP contribution in [-0.2, 0) is 16.1 Å². The number of aromatic amines is 1. The summed E-state index contributed by atoms with van der Waals surface area (Å²) in [6, 6.07) is 6.47. The number of fused-ring (bicyclic) bond motifs is 1. The fourth-order valence-electron chi connectivity index (χ4n) is 2.85. The highest BCUT2D eigenvalue weighted by Gasteiger charge is 2.35. The van der Waals surface area contributed by atoms with Crippen molar-refractivity contribution in [2.45, 2.75) is 39.7 Å². The second-order valence-corrected chi connectivity index (χ2v) is 6.26. The number of hydrogen-bond acceptors (Lipinski definition) is 4. The summed E-state index contributed by atoms with van der Waals surface area (Å²) in [4.78, 5) is 47.9. The fraction of sp³-hybridized carbons (Fsp3) is 0.444. The van der Waals surface area contributed by atoms with Gasteiger partial charge in [-0.25, -0.2) is 4.68 Å². The molecule has 1 aromatic heterocycles. The number of carboxylic acid groups (broad SMARTS) is 1. The molecule has 0 saturated carbocycles. The summed E-state index contributed by atoms with van der Waals surface area (Å²) in [7, 11) is 0. The van der Waals surface area contributed by atoms with E-state index in [2.05, 4.69) is 10.4 Å². The Balaban J connectivity index is 2.07. The summed E-state index contributed by atoms with van der Waals surface area (Å²) >= 11 is 0. The van der Waals surface area contributed by atoms with Crippen molar-refractivity contribution in [2.75, 3.05) is 6.54 Å². The van der Waals surface area contributed by atoms with Gasteiger partial charge in [0.15, 0.2) is 0 Å². The van der Waals surface area contributed by atoms with Gasteiger partial charge in [0, 0.05) is 13.0 Å². The van der Waals surface area contributed by atoms with Crippen molar-refractivity contribution in [3.05, 3.63) is 45.0 Å². The van der Waals surface area contributed by atoms with Gasteiger partial charge in [-0.05, 0) is 25.0 Å². The van der Waals surface area contributed by atoms with Crippen LogP contribution in [0.25, 0.3) is 10.8 Å². The molecule has 0 saturated heterocycles. The molecule has 0 aliphatic heterocycles. The molecule has 0 fully saturated rings. The van der Waals surface area contributed by atoms with E-state index in [0.29, 0.717) is 23.6 Å². The van der Waals surface area contributed by atoms with Crippen molar-refractivity contribution in [3.63, 3.8) is 0 Å². The lowest BCUT2D eigenvalue weighted by Crippen LogP contribution is -2.42. The Morgan fingerprint density at radius 2 is 1.77 bits per heavy atom. The Hall–Kier alpha value is -2.90. The van der Waals surface area contributed by atoms with E-state index in [1.165, 1.54) is 0 Å². The van der Waals surface area contributed by atoms with Gasteiger partial charge in [0.05, 0.1) is 22.7 Å². The molecule has 0 aliphatic carbocycles. The number of rotatable bonds is 8. The number of amides is 1. The van der Waals surface area contributed by atoms with E-state index >= 15 is 0 Å². The average molecular weight is 361 g/mol. The maximum absolute atomic E-state index is 12.4. The van der Waals surface area contributed by atoms with Gasteiger partial charge in [-0.3, -0.25) is 24.3 Å². The predicted octanol–water partition coefficient (Wildman–Crippen LogP) is 1.09. The molecule has 3 N–H and O–H groups in total. The molecule has 0 bridgehead atoms. The molecule has 8 nitrogen and oxygen atoms in total. The van der Waals surface area contributed by atoms with Crippen LogP contribution in [0.3, 0.4) is 0 Å². The van der Waals surface area contributed by atoms with Crippen LogP contribution in [0.2, 0.25) is 0 Å². The summed E-state index contributed by atoms with van der Waals surface area (Å²) in [5.74, 6) is -1.32. The maximum Gasteiger partial charge on any atom is 0.311 e. The summed E-state index contributed by atoms with van der Waals surface area (Å²) in [5, 5.41) is 15.0. The van der Waals surface area contributed by atoms with E-state index in [1.54, 1.807) is 38.1 Å². The molecular weight excluding hydrogens is 338 g/mol. The van der Waals surface area contributed by atoms with Gasteiger partial charge in [-0.1, -0.05) is 26.0 Å². The predicted molar refractivity (Wildman–Crippen MR) is 97.1 cm³/mol. The lowest BCUT2D eigenvalue weighted by Gasteiger charge is -2.26. The Morgan fingerprint density at radius 1 is 1.15 bits per heavy atom. The monoisotopic (exact) mass is 361 g/mol. The summed E-state index contributed by atoms with van der Waals surface area (Å²) in [6.45, 7) is 3.56. The zero-order valence-corrected chi connectivity index (χ0v) is 14.9. The van der Waals surface area contributed by atoms with Crippen molar-refractivity contribution in [3.8, 4) is 0 Å². The molecule has 1 heterocycles. The first-order valence-corrected chi connectivity index (χ1v) is 8.56. The number of carbonyl (C=O) groups excluding carboxylic acids is 1. The molecule has 2 aromatic rings. The number of aryl methyl sites for hydroxylation is 1. The zero-order chi connectivity index (χ0) is 19.3. The van der Waals surface area contributed by atoms with Crippen LogP contribution in [0.5, 0.6) is 0 Å². The smallest absolute Gasteiger partial charge is 0.311 e. The van der Waals surface area contributed by atoms with Gasteiger partial charge in [-0.2, -0.15) is 0 Å². The third kappa shape index (κ3) is 3.84. The largest absolute Gasteiger partial charge is 0.481 e. The second-order valence-electron chi connectivity index (χ2n) is 6.26. The minimum Gasteiger partial charge on any atom is -0.481 e. The van der Waals surface area contributed by atoms with Gasteiger partial charge in [0.25, 0.3) is 11.1 Å². The van der Waals surface area contributed by atoms with E-state index in [-0.39, 0.29) is 31.0 Å². The van der Waals surface area contributed by atoms with Gasteiger partial charge in [-0.15, -0.1) is 0 Å². The number of benzene rings is 1. The highest BCUT2D eigenvalue weighted by atomic mass is 16.4. The van der Waals surface area contributed by atoms with Gasteiger partial charge < -0.3 is 10.4 Å². The number of H-pyrrole nitrogens is 1. The van der Waals surface area contributed by atoms with E-state index in [9.17, 15) is 24.3 Å². The molecule has 0 spiro atoms. The number of nitrogens with one attached hydrogen (secondary N) is 2. The normalized spacial score (nSPS) is 11.5. The Morgan fingerprint density at radius 3 is 2.35 bits per heavy atom. The number of carboxylic acids is 1. The minimum atomic E-state index is -0.996. The molecule has 0 radical (unpaired) electrons. The first-order chi connectivity index (χ1) is 12.3.